The first-order valence-corrected chi connectivity index (χ1v) is 13.3. The first-order chi connectivity index (χ1) is 18.7. The molecule has 0 aromatic heterocycles. The maximum absolute atomic E-state index is 12.8. The van der Waals surface area contributed by atoms with E-state index in [9.17, 15) is 9.59 Å². The Labute approximate surface area is 225 Å². The molecule has 0 aliphatic heterocycles. The van der Waals surface area contributed by atoms with Crippen LogP contribution >= 0.6 is 0 Å². The number of hydrogen-bond donors (Lipinski definition) is 0. The Kier molecular flexibility index (Phi) is 10.3. The molecule has 4 nitrogen and oxygen atoms in total. The van der Waals surface area contributed by atoms with E-state index in [0.29, 0.717) is 61.5 Å². The van der Waals surface area contributed by atoms with Crippen LogP contribution in [0.4, 0.5) is 0 Å². The average Bonchev–Trinajstić information content (AvgIpc) is 2.98. The monoisotopic (exact) mass is 506 g/mol. The molecule has 4 aromatic carbocycles. The second kappa shape index (κ2) is 14.5. The van der Waals surface area contributed by atoms with E-state index >= 15 is 0 Å². The SMILES string of the molecule is O=C(CCc1ccccc1)c1ccccc1OCCCCOc1ccccc1C(=O)CCc1ccccc1. The minimum Gasteiger partial charge on any atom is -0.493 e. The van der Waals surface area contributed by atoms with E-state index in [1.54, 1.807) is 0 Å². The van der Waals surface area contributed by atoms with E-state index in [-0.39, 0.29) is 11.6 Å². The molecule has 0 N–H and O–H groups in total. The van der Waals surface area contributed by atoms with Gasteiger partial charge in [-0.1, -0.05) is 84.9 Å². The van der Waals surface area contributed by atoms with Crippen LogP contribution in [0.25, 0.3) is 0 Å². The Hall–Kier alpha value is -4.18. The molecule has 0 bridgehead atoms. The number of para-hydroxylation sites is 2. The van der Waals surface area contributed by atoms with E-state index in [1.165, 1.54) is 0 Å². The summed E-state index contributed by atoms with van der Waals surface area (Å²) in [5, 5.41) is 0. The number of carbonyl (C=O) groups excluding carboxylic acids is 2. The van der Waals surface area contributed by atoms with Gasteiger partial charge in [-0.2, -0.15) is 0 Å². The van der Waals surface area contributed by atoms with Gasteiger partial charge in [0.15, 0.2) is 11.6 Å². The van der Waals surface area contributed by atoms with Crippen LogP contribution in [0, 0.1) is 0 Å². The number of ether oxygens (including phenoxy) is 2. The summed E-state index contributed by atoms with van der Waals surface area (Å²) in [6.07, 6.45) is 3.86. The molecule has 4 aromatic rings. The van der Waals surface area contributed by atoms with E-state index in [2.05, 4.69) is 0 Å². The zero-order valence-corrected chi connectivity index (χ0v) is 21.7. The Morgan fingerprint density at radius 2 is 0.842 bits per heavy atom. The highest BCUT2D eigenvalue weighted by Gasteiger charge is 2.14. The summed E-state index contributed by atoms with van der Waals surface area (Å²) in [5.74, 6) is 1.42. The number of ketones is 2. The molecule has 0 spiro atoms. The fourth-order valence-corrected chi connectivity index (χ4v) is 4.29. The van der Waals surface area contributed by atoms with Crippen molar-refractivity contribution < 1.29 is 19.1 Å². The Morgan fingerprint density at radius 3 is 1.26 bits per heavy atom. The van der Waals surface area contributed by atoms with Crippen LogP contribution in [0.2, 0.25) is 0 Å². The summed E-state index contributed by atoms with van der Waals surface area (Å²) in [6.45, 7) is 0.980. The first-order valence-electron chi connectivity index (χ1n) is 13.3. The Morgan fingerprint density at radius 1 is 0.474 bits per heavy atom. The van der Waals surface area contributed by atoms with Crippen molar-refractivity contribution in [1.82, 2.24) is 0 Å². The van der Waals surface area contributed by atoms with Crippen LogP contribution in [0.5, 0.6) is 11.5 Å². The Balaban J connectivity index is 1.20. The summed E-state index contributed by atoms with van der Waals surface area (Å²) in [6, 6.07) is 34.9. The highest BCUT2D eigenvalue weighted by molar-refractivity contribution is 5.99. The van der Waals surface area contributed by atoms with Gasteiger partial charge >= 0.3 is 0 Å². The lowest BCUT2D eigenvalue weighted by atomic mass is 10.0. The van der Waals surface area contributed by atoms with Crippen LogP contribution in [-0.4, -0.2) is 24.8 Å². The summed E-state index contributed by atoms with van der Waals surface area (Å²) in [5.41, 5.74) is 3.56. The van der Waals surface area contributed by atoms with Gasteiger partial charge in [-0.3, -0.25) is 9.59 Å². The van der Waals surface area contributed by atoms with E-state index in [0.717, 1.165) is 24.0 Å². The molecule has 0 heterocycles. The van der Waals surface area contributed by atoms with Gasteiger partial charge < -0.3 is 9.47 Å². The third-order valence-electron chi connectivity index (χ3n) is 6.40. The molecule has 0 aliphatic carbocycles. The van der Waals surface area contributed by atoms with E-state index in [4.69, 9.17) is 9.47 Å². The van der Waals surface area contributed by atoms with Crippen LogP contribution in [0.15, 0.2) is 109 Å². The molecule has 38 heavy (non-hydrogen) atoms. The number of unbranched alkanes of at least 4 members (excludes halogenated alkanes) is 1. The summed E-state index contributed by atoms with van der Waals surface area (Å²) in [4.78, 5) is 25.6. The lowest BCUT2D eigenvalue weighted by Crippen LogP contribution is -2.08. The molecule has 0 saturated carbocycles. The molecule has 4 rings (SSSR count). The van der Waals surface area contributed by atoms with Crippen LogP contribution in [-0.2, 0) is 12.8 Å². The summed E-state index contributed by atoms with van der Waals surface area (Å²) >= 11 is 0. The smallest absolute Gasteiger partial charge is 0.166 e. The van der Waals surface area contributed by atoms with Crippen LogP contribution in [0.1, 0.15) is 57.5 Å². The van der Waals surface area contributed by atoms with Crippen molar-refractivity contribution in [1.29, 1.82) is 0 Å². The molecule has 0 saturated heterocycles. The number of Topliss-reactive ketones (excluding diaryl/α,β-unsaturated/α-hetero) is 2. The van der Waals surface area contributed by atoms with Gasteiger partial charge in [0.05, 0.1) is 24.3 Å². The minimum absolute atomic E-state index is 0.0846. The van der Waals surface area contributed by atoms with Crippen LogP contribution < -0.4 is 9.47 Å². The van der Waals surface area contributed by atoms with Gasteiger partial charge in [-0.25, -0.2) is 0 Å². The van der Waals surface area contributed by atoms with Crippen molar-refractivity contribution >= 4 is 11.6 Å². The Bertz CT molecular complexity index is 1200. The van der Waals surface area contributed by atoms with Crippen molar-refractivity contribution in [2.75, 3.05) is 13.2 Å². The molecule has 0 aliphatic rings. The number of hydrogen-bond acceptors (Lipinski definition) is 4. The number of carbonyl (C=O) groups is 2. The van der Waals surface area contributed by atoms with Gasteiger partial charge in [0.25, 0.3) is 0 Å². The predicted molar refractivity (Wildman–Crippen MR) is 151 cm³/mol. The molecule has 0 atom stereocenters. The maximum Gasteiger partial charge on any atom is 0.166 e. The van der Waals surface area contributed by atoms with Gasteiger partial charge in [0.2, 0.25) is 0 Å². The second-order valence-electron chi connectivity index (χ2n) is 9.21. The number of rotatable bonds is 15. The first kappa shape index (κ1) is 26.9. The third-order valence-corrected chi connectivity index (χ3v) is 6.40. The van der Waals surface area contributed by atoms with Crippen LogP contribution in [0.3, 0.4) is 0 Å². The zero-order valence-electron chi connectivity index (χ0n) is 21.7. The molecular weight excluding hydrogens is 472 g/mol. The molecule has 0 unspecified atom stereocenters. The lowest BCUT2D eigenvalue weighted by molar-refractivity contribution is 0.0969. The molecule has 194 valence electrons. The van der Waals surface area contributed by atoms with Crippen molar-refractivity contribution in [3.8, 4) is 11.5 Å². The summed E-state index contributed by atoms with van der Waals surface area (Å²) < 4.78 is 11.9. The van der Waals surface area contributed by atoms with Gasteiger partial charge in [0, 0.05) is 12.8 Å². The minimum atomic E-state index is 0.0846. The quantitative estimate of drug-likeness (QED) is 0.123. The van der Waals surface area contributed by atoms with Crippen molar-refractivity contribution in [2.45, 2.75) is 38.5 Å². The highest BCUT2D eigenvalue weighted by atomic mass is 16.5. The standard InChI is InChI=1S/C34H34O4/c35-31(23-21-27-13-3-1-4-14-27)29-17-7-9-19-33(29)37-25-11-12-26-38-34-20-10-8-18-30(34)32(36)24-22-28-15-5-2-6-16-28/h1-10,13-20H,11-12,21-26H2. The molecule has 0 amide bonds. The average molecular weight is 507 g/mol. The zero-order chi connectivity index (χ0) is 26.4. The second-order valence-corrected chi connectivity index (χ2v) is 9.21. The maximum atomic E-state index is 12.8. The largest absolute Gasteiger partial charge is 0.493 e. The predicted octanol–water partition coefficient (Wildman–Crippen LogP) is 7.56. The van der Waals surface area contributed by atoms with E-state index in [1.807, 2.05) is 109 Å². The van der Waals surface area contributed by atoms with Crippen molar-refractivity contribution in [3.63, 3.8) is 0 Å². The third kappa shape index (κ3) is 8.17. The topological polar surface area (TPSA) is 52.6 Å². The lowest BCUT2D eigenvalue weighted by Gasteiger charge is -2.12. The van der Waals surface area contributed by atoms with Gasteiger partial charge in [0.1, 0.15) is 11.5 Å². The highest BCUT2D eigenvalue weighted by Crippen LogP contribution is 2.22. The van der Waals surface area contributed by atoms with Crippen molar-refractivity contribution in [2.24, 2.45) is 0 Å². The number of aryl methyl sites for hydroxylation is 2. The van der Waals surface area contributed by atoms with Gasteiger partial charge in [-0.15, -0.1) is 0 Å². The fraction of sp³-hybridized carbons (Fsp3) is 0.235. The van der Waals surface area contributed by atoms with Gasteiger partial charge in [-0.05, 0) is 61.1 Å². The van der Waals surface area contributed by atoms with Crippen molar-refractivity contribution in [3.05, 3.63) is 131 Å². The summed E-state index contributed by atoms with van der Waals surface area (Å²) in [7, 11) is 0. The number of benzene rings is 4. The molecular formula is C34H34O4. The van der Waals surface area contributed by atoms with E-state index < -0.39 is 0 Å². The normalized spacial score (nSPS) is 10.6. The molecule has 4 heteroatoms. The fourth-order valence-electron chi connectivity index (χ4n) is 4.29. The molecule has 0 radical (unpaired) electrons. The molecule has 0 fully saturated rings.